The minimum Gasteiger partial charge on any atom is -0.507 e. The van der Waals surface area contributed by atoms with Crippen molar-refractivity contribution in [3.63, 3.8) is 0 Å². The fraction of sp³-hybridized carbons (Fsp3) is 0.550. The highest BCUT2D eigenvalue weighted by Crippen LogP contribution is 2.52. The van der Waals surface area contributed by atoms with Gasteiger partial charge in [-0.1, -0.05) is 31.4 Å². The van der Waals surface area contributed by atoms with E-state index in [9.17, 15) is 54.3 Å². The summed E-state index contributed by atoms with van der Waals surface area (Å²) in [7, 11) is 1.30. The number of hydrogen-bond donors (Lipinski definition) is 8. The number of nitrogens with two attached hydrogens (primary N) is 1. The van der Waals surface area contributed by atoms with Crippen LogP contribution in [0.5, 0.6) is 17.2 Å². The molecule has 18 nitrogen and oxygen atoms in total. The molecule has 0 spiro atoms. The molecule has 3 aliphatic carbocycles. The molecule has 0 radical (unpaired) electrons. The van der Waals surface area contributed by atoms with Crippen molar-refractivity contribution in [3.05, 3.63) is 51.6 Å². The molecule has 1 saturated carbocycles. The van der Waals surface area contributed by atoms with Crippen LogP contribution in [0.25, 0.3) is 0 Å². The first kappa shape index (κ1) is 41.2. The van der Waals surface area contributed by atoms with Gasteiger partial charge in [-0.15, -0.1) is 0 Å². The lowest BCUT2D eigenvalue weighted by Crippen LogP contribution is -2.65. The monoisotopic (exact) mass is 808 g/mol. The Kier molecular flexibility index (Phi) is 11.4. The summed E-state index contributed by atoms with van der Waals surface area (Å²) in [5.41, 5.74) is 1.94. The van der Waals surface area contributed by atoms with E-state index in [2.05, 4.69) is 10.6 Å². The van der Waals surface area contributed by atoms with Crippen LogP contribution in [0.4, 0.5) is 4.79 Å². The second-order valence-corrected chi connectivity index (χ2v) is 15.8. The maximum atomic E-state index is 14.0. The lowest BCUT2D eigenvalue weighted by molar-refractivity contribution is -0.249. The van der Waals surface area contributed by atoms with Gasteiger partial charge in [0.2, 0.25) is 17.6 Å². The van der Waals surface area contributed by atoms with Crippen molar-refractivity contribution < 1.29 is 68.5 Å². The zero-order valence-electron chi connectivity index (χ0n) is 32.1. The third-order valence-electron chi connectivity index (χ3n) is 12.4. The number of fused-ring (bicyclic) bond motifs is 3. The highest BCUT2D eigenvalue weighted by atomic mass is 16.7. The first-order chi connectivity index (χ1) is 27.6. The van der Waals surface area contributed by atoms with E-state index in [0.29, 0.717) is 0 Å². The van der Waals surface area contributed by atoms with E-state index >= 15 is 0 Å². The van der Waals surface area contributed by atoms with Gasteiger partial charge < -0.3 is 55.7 Å². The Hall–Kier alpha value is -4.98. The number of carbonyl (C=O) groups is 6. The standard InChI is InChI=1S/C40H48N4O14/c1-17-32(47)21(42-37(52)22-11-12-44(22)39(54)43-38(53)31(41)18-7-4-3-5-8-18)13-26(57-17)58-24-15-40(55,25(46)16-45)14-20-28(24)36(51)30-29(34(20)49)33(48)19-9-6-10-23(56-2)27(19)35(30)50/h6,9-10,17-18,21-22,24,26,31-32,45,47,49,51,55H,3-5,7-8,11-16,41H2,1-2H3,(H,42,52)(H,43,53,54)/t17?,21?,22-,24-,26?,31-,32?,40-/m0/s1. The SMILES string of the molecule is COc1cccc2c1C(=O)c1c(O)c3c(c(O)c1C2=O)C[C@@](O)(C(=O)CO)C[C@@H]3OC1CC(NC(=O)[C@@H]2CCN2C(=O)NC(=O)[C@@H](N)C2CCCCC2)C(O)C(C)O1. The number of hydrogen-bond acceptors (Lipinski definition) is 15. The van der Waals surface area contributed by atoms with Crippen LogP contribution < -0.4 is 21.1 Å². The van der Waals surface area contributed by atoms with Gasteiger partial charge >= 0.3 is 6.03 Å². The summed E-state index contributed by atoms with van der Waals surface area (Å²) in [5, 5.41) is 60.9. The van der Waals surface area contributed by atoms with E-state index in [4.69, 9.17) is 19.9 Å². The molecule has 2 aliphatic heterocycles. The molecule has 2 heterocycles. The summed E-state index contributed by atoms with van der Waals surface area (Å²) in [4.78, 5) is 81.3. The number of ether oxygens (including phenoxy) is 3. The summed E-state index contributed by atoms with van der Waals surface area (Å²) in [5.74, 6) is -5.48. The summed E-state index contributed by atoms with van der Waals surface area (Å²) < 4.78 is 17.5. The number of rotatable bonds is 9. The number of benzene rings is 2. The number of aromatic hydroxyl groups is 2. The van der Waals surface area contributed by atoms with Crippen LogP contribution in [0.3, 0.4) is 0 Å². The highest BCUT2D eigenvalue weighted by molar-refractivity contribution is 6.31. The molecular formula is C40H48N4O14. The Morgan fingerprint density at radius 1 is 1.03 bits per heavy atom. The van der Waals surface area contributed by atoms with Gasteiger partial charge in [0.05, 0.1) is 48.1 Å². The molecular weight excluding hydrogens is 760 g/mol. The highest BCUT2D eigenvalue weighted by Gasteiger charge is 2.51. The molecule has 2 saturated heterocycles. The number of nitrogens with one attached hydrogen (secondary N) is 2. The summed E-state index contributed by atoms with van der Waals surface area (Å²) in [6, 6.07) is 0.646. The third kappa shape index (κ3) is 7.11. The Balaban J connectivity index is 1.12. The maximum absolute atomic E-state index is 14.0. The lowest BCUT2D eigenvalue weighted by atomic mass is 9.72. The number of ketones is 3. The first-order valence-corrected chi connectivity index (χ1v) is 19.5. The molecule has 3 fully saturated rings. The number of likely N-dealkylation sites (tertiary alicyclic amines) is 1. The van der Waals surface area contributed by atoms with Crippen LogP contribution in [0.1, 0.15) is 107 Å². The van der Waals surface area contributed by atoms with Gasteiger partial charge in [-0.3, -0.25) is 29.3 Å². The molecule has 8 atom stereocenters. The summed E-state index contributed by atoms with van der Waals surface area (Å²) >= 11 is 0. The number of phenols is 2. The normalized spacial score (nSPS) is 28.6. The van der Waals surface area contributed by atoms with E-state index in [1.165, 1.54) is 37.1 Å². The fourth-order valence-corrected chi connectivity index (χ4v) is 9.01. The Bertz CT molecular complexity index is 2050. The molecule has 7 rings (SSSR count). The van der Waals surface area contributed by atoms with E-state index in [1.54, 1.807) is 0 Å². The van der Waals surface area contributed by atoms with Crippen molar-refractivity contribution in [2.45, 2.75) is 113 Å². The molecule has 9 N–H and O–H groups in total. The number of methoxy groups -OCH3 is 1. The number of imide groups is 1. The third-order valence-corrected chi connectivity index (χ3v) is 12.4. The maximum Gasteiger partial charge on any atom is 0.324 e. The predicted octanol–water partition coefficient (Wildman–Crippen LogP) is 0.377. The zero-order chi connectivity index (χ0) is 41.8. The minimum absolute atomic E-state index is 0.0384. The van der Waals surface area contributed by atoms with Crippen molar-refractivity contribution in [1.82, 2.24) is 15.5 Å². The smallest absolute Gasteiger partial charge is 0.324 e. The fourth-order valence-electron chi connectivity index (χ4n) is 9.01. The quantitative estimate of drug-likeness (QED) is 0.136. The number of aliphatic hydroxyl groups is 3. The first-order valence-electron chi connectivity index (χ1n) is 19.5. The molecule has 0 bridgehead atoms. The van der Waals surface area contributed by atoms with E-state index in [0.717, 1.165) is 32.1 Å². The Labute approximate surface area is 332 Å². The second-order valence-electron chi connectivity index (χ2n) is 15.8. The van der Waals surface area contributed by atoms with Crippen LogP contribution in [0, 0.1) is 5.92 Å². The number of urea groups is 1. The Morgan fingerprint density at radius 3 is 2.40 bits per heavy atom. The van der Waals surface area contributed by atoms with Crippen LogP contribution in [0.15, 0.2) is 18.2 Å². The molecule has 0 aromatic heterocycles. The number of amides is 4. The number of Topliss-reactive ketones (excluding diaryl/α,β-unsaturated/α-hetero) is 1. The van der Waals surface area contributed by atoms with Gasteiger partial charge in [0.25, 0.3) is 0 Å². The van der Waals surface area contributed by atoms with Crippen molar-refractivity contribution in [2.24, 2.45) is 11.7 Å². The van der Waals surface area contributed by atoms with Gasteiger partial charge in [-0.05, 0) is 38.2 Å². The summed E-state index contributed by atoms with van der Waals surface area (Å²) in [6.45, 7) is 0.589. The molecule has 18 heteroatoms. The summed E-state index contributed by atoms with van der Waals surface area (Å²) in [6.07, 6.45) is -1.76. The van der Waals surface area contributed by atoms with Crippen molar-refractivity contribution in [2.75, 3.05) is 20.3 Å². The van der Waals surface area contributed by atoms with Gasteiger partial charge in [-0.25, -0.2) is 4.79 Å². The molecule has 2 aromatic rings. The molecule has 4 unspecified atom stereocenters. The second kappa shape index (κ2) is 16.0. The average Bonchev–Trinajstić information content (AvgIpc) is 3.18. The van der Waals surface area contributed by atoms with Gasteiger partial charge in [-0.2, -0.15) is 0 Å². The number of nitrogens with zero attached hydrogens (tertiary/aromatic N) is 1. The molecule has 58 heavy (non-hydrogen) atoms. The molecule has 4 amide bonds. The van der Waals surface area contributed by atoms with E-state index < -0.39 is 126 Å². The average molecular weight is 809 g/mol. The van der Waals surface area contributed by atoms with Gasteiger partial charge in [0, 0.05) is 42.5 Å². The zero-order valence-corrected chi connectivity index (χ0v) is 32.1. The molecule has 5 aliphatic rings. The van der Waals surface area contributed by atoms with Crippen LogP contribution >= 0.6 is 0 Å². The van der Waals surface area contributed by atoms with E-state index in [-0.39, 0.29) is 53.3 Å². The number of carbonyl (C=O) groups excluding carboxylic acids is 6. The topological polar surface area (TPSA) is 285 Å². The van der Waals surface area contributed by atoms with Gasteiger partial charge in [0.1, 0.15) is 41.6 Å². The van der Waals surface area contributed by atoms with Crippen molar-refractivity contribution in [1.29, 1.82) is 0 Å². The molecule has 312 valence electrons. The van der Waals surface area contributed by atoms with Crippen molar-refractivity contribution in [3.8, 4) is 17.2 Å². The number of phenolic OH excluding ortho intramolecular Hbond substituents is 2. The van der Waals surface area contributed by atoms with Crippen LogP contribution in [-0.4, -0.2) is 128 Å². The van der Waals surface area contributed by atoms with E-state index in [1.807, 2.05) is 0 Å². The minimum atomic E-state index is -2.38. The predicted molar refractivity (Wildman–Crippen MR) is 199 cm³/mol. The lowest BCUT2D eigenvalue weighted by Gasteiger charge is -2.44. The Morgan fingerprint density at radius 2 is 1.74 bits per heavy atom. The van der Waals surface area contributed by atoms with Crippen LogP contribution in [-0.2, 0) is 30.3 Å². The molecule has 2 aromatic carbocycles. The van der Waals surface area contributed by atoms with Gasteiger partial charge in [0.15, 0.2) is 17.9 Å². The van der Waals surface area contributed by atoms with Crippen molar-refractivity contribution >= 4 is 35.2 Å². The number of aliphatic hydroxyl groups excluding tert-OH is 2. The largest absolute Gasteiger partial charge is 0.507 e. The van der Waals surface area contributed by atoms with Crippen LogP contribution in [0.2, 0.25) is 0 Å².